The third-order valence-electron chi connectivity index (χ3n) is 4.09. The first kappa shape index (κ1) is 16.2. The van der Waals surface area contributed by atoms with E-state index in [1.54, 1.807) is 25.3 Å². The fourth-order valence-electron chi connectivity index (χ4n) is 2.72. The molecule has 0 aliphatic heterocycles. The molecule has 22 heavy (non-hydrogen) atoms. The van der Waals surface area contributed by atoms with E-state index in [2.05, 4.69) is 18.2 Å². The number of nitrogens with one attached hydrogen (secondary N) is 1. The van der Waals surface area contributed by atoms with Crippen LogP contribution in [-0.4, -0.2) is 25.7 Å². The first-order valence-corrected chi connectivity index (χ1v) is 7.69. The predicted molar refractivity (Wildman–Crippen MR) is 86.2 cm³/mol. The Morgan fingerprint density at radius 1 is 1.32 bits per heavy atom. The summed E-state index contributed by atoms with van der Waals surface area (Å²) in [5.74, 6) is 4.16. The van der Waals surface area contributed by atoms with Gasteiger partial charge in [0.05, 0.1) is 7.11 Å². The molecule has 0 unspecified atom stereocenters. The van der Waals surface area contributed by atoms with Gasteiger partial charge in [0.1, 0.15) is 6.61 Å². The van der Waals surface area contributed by atoms with E-state index in [4.69, 9.17) is 15.9 Å². The highest BCUT2D eigenvalue weighted by molar-refractivity contribution is 5.95. The minimum atomic E-state index is -0.0682. The van der Waals surface area contributed by atoms with Gasteiger partial charge < -0.3 is 14.8 Å². The molecular formula is C18H23NO3. The van der Waals surface area contributed by atoms with Crippen LogP contribution in [0.15, 0.2) is 18.2 Å². The molecule has 0 spiro atoms. The smallest absolute Gasteiger partial charge is 0.251 e. The Morgan fingerprint density at radius 2 is 2.05 bits per heavy atom. The molecule has 1 amide bonds. The van der Waals surface area contributed by atoms with Gasteiger partial charge in [-0.25, -0.2) is 0 Å². The number of terminal acetylenes is 1. The van der Waals surface area contributed by atoms with Crippen LogP contribution in [0.5, 0.6) is 11.5 Å². The second-order valence-corrected chi connectivity index (χ2v) is 5.79. The number of hydrogen-bond donors (Lipinski definition) is 1. The van der Waals surface area contributed by atoms with Crippen molar-refractivity contribution in [2.24, 2.45) is 5.92 Å². The lowest BCUT2D eigenvalue weighted by molar-refractivity contribution is 0.0922. The number of carbonyl (C=O) groups is 1. The van der Waals surface area contributed by atoms with Gasteiger partial charge in [-0.05, 0) is 49.8 Å². The Kier molecular flexibility index (Phi) is 5.71. The zero-order chi connectivity index (χ0) is 15.9. The monoisotopic (exact) mass is 301 g/mol. The van der Waals surface area contributed by atoms with Crippen molar-refractivity contribution in [2.75, 3.05) is 13.7 Å². The summed E-state index contributed by atoms with van der Waals surface area (Å²) in [6.07, 6.45) is 9.63. The molecule has 0 radical (unpaired) electrons. The third-order valence-corrected chi connectivity index (χ3v) is 4.09. The van der Waals surface area contributed by atoms with Crippen LogP contribution in [-0.2, 0) is 0 Å². The molecule has 118 valence electrons. The summed E-state index contributed by atoms with van der Waals surface area (Å²) < 4.78 is 10.6. The van der Waals surface area contributed by atoms with Gasteiger partial charge in [0, 0.05) is 11.6 Å². The number of rotatable bonds is 5. The average Bonchev–Trinajstić information content (AvgIpc) is 2.54. The molecule has 1 saturated carbocycles. The Balaban J connectivity index is 2.02. The first-order valence-electron chi connectivity index (χ1n) is 7.69. The molecule has 1 N–H and O–H groups in total. The molecule has 4 heteroatoms. The standard InChI is InChI=1S/C18H23NO3/c1-4-11-22-16-10-7-14(12-17(16)21-3)18(20)19-15-8-5-13(2)6-9-15/h1,7,10,12-13,15H,5-6,8-9,11H2,2-3H3,(H,19,20). The van der Waals surface area contributed by atoms with Crippen molar-refractivity contribution in [1.82, 2.24) is 5.32 Å². The Bertz CT molecular complexity index is 554. The Labute approximate surface area is 132 Å². The van der Waals surface area contributed by atoms with Crippen LogP contribution < -0.4 is 14.8 Å². The van der Waals surface area contributed by atoms with Crippen LogP contribution in [0.2, 0.25) is 0 Å². The van der Waals surface area contributed by atoms with Crippen molar-refractivity contribution in [3.63, 3.8) is 0 Å². The van der Waals surface area contributed by atoms with Gasteiger partial charge in [0.2, 0.25) is 0 Å². The molecule has 1 aliphatic carbocycles. The van der Waals surface area contributed by atoms with Gasteiger partial charge in [-0.1, -0.05) is 12.8 Å². The van der Waals surface area contributed by atoms with Crippen molar-refractivity contribution >= 4 is 5.91 Å². The number of amides is 1. The summed E-state index contributed by atoms with van der Waals surface area (Å²) in [7, 11) is 1.54. The average molecular weight is 301 g/mol. The maximum Gasteiger partial charge on any atom is 0.251 e. The zero-order valence-electron chi connectivity index (χ0n) is 13.2. The molecule has 0 saturated heterocycles. The molecule has 0 heterocycles. The number of carbonyl (C=O) groups excluding carboxylic acids is 1. The van der Waals surface area contributed by atoms with E-state index >= 15 is 0 Å². The molecule has 0 aromatic heterocycles. The van der Waals surface area contributed by atoms with Crippen molar-refractivity contribution in [3.05, 3.63) is 23.8 Å². The first-order chi connectivity index (χ1) is 10.6. The summed E-state index contributed by atoms with van der Waals surface area (Å²) in [4.78, 5) is 12.3. The largest absolute Gasteiger partial charge is 0.493 e. The van der Waals surface area contributed by atoms with Crippen molar-refractivity contribution in [1.29, 1.82) is 0 Å². The maximum atomic E-state index is 12.3. The number of benzene rings is 1. The second kappa shape index (κ2) is 7.74. The summed E-state index contributed by atoms with van der Waals surface area (Å²) in [6.45, 7) is 2.43. The molecule has 1 aromatic rings. The molecule has 0 bridgehead atoms. The summed E-state index contributed by atoms with van der Waals surface area (Å²) >= 11 is 0. The van der Waals surface area contributed by atoms with Gasteiger partial charge in [0.25, 0.3) is 5.91 Å². The van der Waals surface area contributed by atoms with Gasteiger partial charge >= 0.3 is 0 Å². The van der Waals surface area contributed by atoms with Gasteiger partial charge in [0.15, 0.2) is 11.5 Å². The van der Waals surface area contributed by atoms with E-state index in [0.29, 0.717) is 17.1 Å². The number of ether oxygens (including phenoxy) is 2. The van der Waals surface area contributed by atoms with E-state index in [9.17, 15) is 4.79 Å². The molecular weight excluding hydrogens is 278 g/mol. The lowest BCUT2D eigenvalue weighted by Gasteiger charge is -2.27. The highest BCUT2D eigenvalue weighted by Gasteiger charge is 2.20. The van der Waals surface area contributed by atoms with Crippen LogP contribution >= 0.6 is 0 Å². The van der Waals surface area contributed by atoms with E-state index in [1.165, 1.54) is 12.8 Å². The topological polar surface area (TPSA) is 47.6 Å². The van der Waals surface area contributed by atoms with Crippen molar-refractivity contribution in [3.8, 4) is 23.8 Å². The van der Waals surface area contributed by atoms with Crippen LogP contribution in [0.25, 0.3) is 0 Å². The summed E-state index contributed by atoms with van der Waals surface area (Å²) in [6, 6.07) is 5.41. The van der Waals surface area contributed by atoms with Crippen LogP contribution in [0.1, 0.15) is 43.0 Å². The predicted octanol–water partition coefficient (Wildman–Crippen LogP) is 3.02. The SMILES string of the molecule is C#CCOc1ccc(C(=O)NC2CCC(C)CC2)cc1OC. The highest BCUT2D eigenvalue weighted by Crippen LogP contribution is 2.28. The lowest BCUT2D eigenvalue weighted by atomic mass is 9.87. The minimum absolute atomic E-state index is 0.0682. The van der Waals surface area contributed by atoms with Crippen molar-refractivity contribution < 1.29 is 14.3 Å². The molecule has 2 rings (SSSR count). The molecule has 0 atom stereocenters. The normalized spacial score (nSPS) is 20.8. The molecule has 1 aliphatic rings. The van der Waals surface area contributed by atoms with Crippen molar-refractivity contribution in [2.45, 2.75) is 38.6 Å². The van der Waals surface area contributed by atoms with Crippen LogP contribution in [0.4, 0.5) is 0 Å². The molecule has 1 aromatic carbocycles. The fourth-order valence-corrected chi connectivity index (χ4v) is 2.72. The second-order valence-electron chi connectivity index (χ2n) is 5.79. The Morgan fingerprint density at radius 3 is 2.68 bits per heavy atom. The molecule has 1 fully saturated rings. The quantitative estimate of drug-likeness (QED) is 0.850. The van der Waals surface area contributed by atoms with Gasteiger partial charge in [-0.3, -0.25) is 4.79 Å². The third kappa shape index (κ3) is 4.17. The zero-order valence-corrected chi connectivity index (χ0v) is 13.2. The van der Waals surface area contributed by atoms with Gasteiger partial charge in [-0.15, -0.1) is 6.42 Å². The number of hydrogen-bond acceptors (Lipinski definition) is 3. The van der Waals surface area contributed by atoms with Crippen LogP contribution in [0.3, 0.4) is 0 Å². The summed E-state index contributed by atoms with van der Waals surface area (Å²) in [5, 5.41) is 3.10. The fraction of sp³-hybridized carbons (Fsp3) is 0.500. The highest BCUT2D eigenvalue weighted by atomic mass is 16.5. The Hall–Kier alpha value is -2.15. The molecule has 4 nitrogen and oxygen atoms in total. The summed E-state index contributed by atoms with van der Waals surface area (Å²) in [5.41, 5.74) is 0.573. The van der Waals surface area contributed by atoms with E-state index in [-0.39, 0.29) is 18.6 Å². The number of methoxy groups -OCH3 is 1. The minimum Gasteiger partial charge on any atom is -0.493 e. The van der Waals surface area contributed by atoms with E-state index in [1.807, 2.05) is 0 Å². The maximum absolute atomic E-state index is 12.3. The van der Waals surface area contributed by atoms with Crippen LogP contribution in [0, 0.1) is 18.3 Å². The lowest BCUT2D eigenvalue weighted by Crippen LogP contribution is -2.37. The van der Waals surface area contributed by atoms with E-state index < -0.39 is 0 Å². The van der Waals surface area contributed by atoms with Gasteiger partial charge in [-0.2, -0.15) is 0 Å². The van der Waals surface area contributed by atoms with E-state index in [0.717, 1.165) is 18.8 Å².